The first-order chi connectivity index (χ1) is 15.3. The van der Waals surface area contributed by atoms with E-state index in [9.17, 15) is 9.59 Å². The lowest BCUT2D eigenvalue weighted by molar-refractivity contribution is -0.117. The fourth-order valence-corrected chi connectivity index (χ4v) is 3.44. The van der Waals surface area contributed by atoms with Crippen molar-refractivity contribution in [2.45, 2.75) is 40.2 Å². The second-order valence-electron chi connectivity index (χ2n) is 8.95. The number of benzene rings is 1. The van der Waals surface area contributed by atoms with E-state index in [4.69, 9.17) is 4.52 Å². The van der Waals surface area contributed by atoms with Crippen molar-refractivity contribution in [1.82, 2.24) is 25.3 Å². The second kappa shape index (κ2) is 11.2. The van der Waals surface area contributed by atoms with Gasteiger partial charge in [0, 0.05) is 38.6 Å². The Bertz CT molecular complexity index is 903. The molecule has 0 saturated carbocycles. The molecule has 2 amide bonds. The maximum absolute atomic E-state index is 12.6. The molecule has 1 aromatic heterocycles. The number of aromatic nitrogens is 2. The van der Waals surface area contributed by atoms with Crippen molar-refractivity contribution in [3.63, 3.8) is 0 Å². The van der Waals surface area contributed by atoms with Gasteiger partial charge in [-0.05, 0) is 18.1 Å². The molecule has 2 aromatic rings. The minimum atomic E-state index is -0.176. The normalized spacial score (nSPS) is 15.3. The first-order valence-corrected chi connectivity index (χ1v) is 11.3. The number of anilines is 1. The number of amides is 2. The molecule has 0 unspecified atom stereocenters. The van der Waals surface area contributed by atoms with Gasteiger partial charge in [0.25, 0.3) is 5.91 Å². The van der Waals surface area contributed by atoms with Crippen molar-refractivity contribution in [3.05, 3.63) is 41.5 Å². The van der Waals surface area contributed by atoms with Gasteiger partial charge in [-0.3, -0.25) is 19.4 Å². The first kappa shape index (κ1) is 23.9. The lowest BCUT2D eigenvalue weighted by Gasteiger charge is -2.33. The zero-order chi connectivity index (χ0) is 23.1. The SMILES string of the molecule is CC(C)CNC(=O)c1ccccc1NC(=O)CN1CCN(Cc2nc(C(C)C)no2)CC1. The maximum atomic E-state index is 12.6. The number of nitrogens with one attached hydrogen (secondary N) is 2. The molecule has 1 aliphatic heterocycles. The van der Waals surface area contributed by atoms with Crippen LogP contribution in [0.25, 0.3) is 0 Å². The molecule has 0 aliphatic carbocycles. The molecule has 1 aliphatic rings. The molecular formula is C23H34N6O3. The van der Waals surface area contributed by atoms with Crippen molar-refractivity contribution in [3.8, 4) is 0 Å². The molecule has 3 rings (SSSR count). The largest absolute Gasteiger partial charge is 0.352 e. The minimum absolute atomic E-state index is 0.124. The van der Waals surface area contributed by atoms with Crippen LogP contribution in [0.15, 0.2) is 28.8 Å². The van der Waals surface area contributed by atoms with E-state index < -0.39 is 0 Å². The van der Waals surface area contributed by atoms with E-state index in [1.807, 2.05) is 33.8 Å². The molecule has 2 heterocycles. The van der Waals surface area contributed by atoms with Crippen LogP contribution >= 0.6 is 0 Å². The molecule has 0 bridgehead atoms. The van der Waals surface area contributed by atoms with E-state index in [0.717, 1.165) is 32.0 Å². The second-order valence-corrected chi connectivity index (χ2v) is 8.95. The van der Waals surface area contributed by atoms with Crippen LogP contribution in [-0.4, -0.2) is 71.0 Å². The Labute approximate surface area is 189 Å². The lowest BCUT2D eigenvalue weighted by Crippen LogP contribution is -2.48. The number of piperazine rings is 1. The Morgan fingerprint density at radius 3 is 2.41 bits per heavy atom. The van der Waals surface area contributed by atoms with Crippen molar-refractivity contribution in [2.75, 3.05) is 44.6 Å². The molecule has 0 atom stereocenters. The van der Waals surface area contributed by atoms with Gasteiger partial charge in [0.05, 0.1) is 24.3 Å². The van der Waals surface area contributed by atoms with Gasteiger partial charge in [0.15, 0.2) is 5.82 Å². The summed E-state index contributed by atoms with van der Waals surface area (Å²) in [4.78, 5) is 33.9. The summed E-state index contributed by atoms with van der Waals surface area (Å²) in [5.74, 6) is 1.66. The maximum Gasteiger partial charge on any atom is 0.253 e. The van der Waals surface area contributed by atoms with E-state index in [0.29, 0.717) is 36.1 Å². The number of hydrogen-bond acceptors (Lipinski definition) is 7. The van der Waals surface area contributed by atoms with Crippen molar-refractivity contribution in [1.29, 1.82) is 0 Å². The molecule has 0 radical (unpaired) electrons. The van der Waals surface area contributed by atoms with E-state index in [2.05, 4.69) is 30.6 Å². The molecule has 9 nitrogen and oxygen atoms in total. The average Bonchev–Trinajstić information content (AvgIpc) is 3.22. The molecule has 2 N–H and O–H groups in total. The van der Waals surface area contributed by atoms with Gasteiger partial charge < -0.3 is 15.2 Å². The predicted molar refractivity (Wildman–Crippen MR) is 122 cm³/mol. The summed E-state index contributed by atoms with van der Waals surface area (Å²) < 4.78 is 5.33. The smallest absolute Gasteiger partial charge is 0.253 e. The van der Waals surface area contributed by atoms with E-state index in [1.165, 1.54) is 0 Å². The van der Waals surface area contributed by atoms with E-state index >= 15 is 0 Å². The summed E-state index contributed by atoms with van der Waals surface area (Å²) in [6.45, 7) is 12.8. The van der Waals surface area contributed by atoms with Gasteiger partial charge in [-0.25, -0.2) is 0 Å². The number of rotatable bonds is 9. The van der Waals surface area contributed by atoms with Gasteiger partial charge in [-0.15, -0.1) is 0 Å². The predicted octanol–water partition coefficient (Wildman–Crippen LogP) is 2.34. The molecule has 1 fully saturated rings. The third-order valence-electron chi connectivity index (χ3n) is 5.31. The molecule has 0 spiro atoms. The molecule has 1 aromatic carbocycles. The Hall–Kier alpha value is -2.78. The molecular weight excluding hydrogens is 408 g/mol. The van der Waals surface area contributed by atoms with E-state index in [1.54, 1.807) is 18.2 Å². The fraction of sp³-hybridized carbons (Fsp3) is 0.565. The fourth-order valence-electron chi connectivity index (χ4n) is 3.44. The molecule has 9 heteroatoms. The van der Waals surface area contributed by atoms with Gasteiger partial charge in [-0.2, -0.15) is 4.98 Å². The Kier molecular flexibility index (Phi) is 8.35. The summed E-state index contributed by atoms with van der Waals surface area (Å²) in [5, 5.41) is 9.82. The Morgan fingerprint density at radius 1 is 1.06 bits per heavy atom. The third kappa shape index (κ3) is 6.86. The van der Waals surface area contributed by atoms with Gasteiger partial charge >= 0.3 is 0 Å². The Balaban J connectivity index is 1.47. The minimum Gasteiger partial charge on any atom is -0.352 e. The molecule has 1 saturated heterocycles. The van der Waals surface area contributed by atoms with E-state index in [-0.39, 0.29) is 24.3 Å². The monoisotopic (exact) mass is 442 g/mol. The van der Waals surface area contributed by atoms with Crippen molar-refractivity contribution in [2.24, 2.45) is 5.92 Å². The van der Waals surface area contributed by atoms with Crippen LogP contribution < -0.4 is 10.6 Å². The highest BCUT2D eigenvalue weighted by molar-refractivity contribution is 6.04. The average molecular weight is 443 g/mol. The summed E-state index contributed by atoms with van der Waals surface area (Å²) in [6.07, 6.45) is 0. The highest BCUT2D eigenvalue weighted by Gasteiger charge is 2.22. The highest BCUT2D eigenvalue weighted by Crippen LogP contribution is 2.16. The van der Waals surface area contributed by atoms with Crippen LogP contribution in [0.4, 0.5) is 5.69 Å². The first-order valence-electron chi connectivity index (χ1n) is 11.3. The summed E-state index contributed by atoms with van der Waals surface area (Å²) in [6, 6.07) is 7.10. The summed E-state index contributed by atoms with van der Waals surface area (Å²) in [5.41, 5.74) is 1.02. The summed E-state index contributed by atoms with van der Waals surface area (Å²) >= 11 is 0. The quantitative estimate of drug-likeness (QED) is 0.614. The zero-order valence-electron chi connectivity index (χ0n) is 19.4. The van der Waals surface area contributed by atoms with Gasteiger partial charge in [0.1, 0.15) is 0 Å². The van der Waals surface area contributed by atoms with Crippen LogP contribution in [0.3, 0.4) is 0 Å². The zero-order valence-corrected chi connectivity index (χ0v) is 19.4. The van der Waals surface area contributed by atoms with Crippen LogP contribution in [0.2, 0.25) is 0 Å². The number of carbonyl (C=O) groups is 2. The number of carbonyl (C=O) groups excluding carboxylic acids is 2. The van der Waals surface area contributed by atoms with Crippen molar-refractivity contribution >= 4 is 17.5 Å². The van der Waals surface area contributed by atoms with Gasteiger partial charge in [0.2, 0.25) is 11.8 Å². The third-order valence-corrected chi connectivity index (χ3v) is 5.31. The number of nitrogens with zero attached hydrogens (tertiary/aromatic N) is 4. The standard InChI is InChI=1S/C23H34N6O3/c1-16(2)13-24-23(31)18-7-5-6-8-19(18)25-20(30)14-28-9-11-29(12-10-28)15-21-26-22(17(3)4)27-32-21/h5-8,16-17H,9-15H2,1-4H3,(H,24,31)(H,25,30). The summed E-state index contributed by atoms with van der Waals surface area (Å²) in [7, 11) is 0. The van der Waals surface area contributed by atoms with Crippen LogP contribution in [0, 0.1) is 5.92 Å². The molecule has 174 valence electrons. The van der Waals surface area contributed by atoms with Crippen LogP contribution in [-0.2, 0) is 11.3 Å². The van der Waals surface area contributed by atoms with Crippen molar-refractivity contribution < 1.29 is 14.1 Å². The number of hydrogen-bond donors (Lipinski definition) is 2. The van der Waals surface area contributed by atoms with Crippen LogP contribution in [0.5, 0.6) is 0 Å². The van der Waals surface area contributed by atoms with Gasteiger partial charge in [-0.1, -0.05) is 45.0 Å². The number of para-hydroxylation sites is 1. The lowest BCUT2D eigenvalue weighted by atomic mass is 10.1. The highest BCUT2D eigenvalue weighted by atomic mass is 16.5. The molecule has 32 heavy (non-hydrogen) atoms. The van der Waals surface area contributed by atoms with Crippen LogP contribution in [0.1, 0.15) is 55.7 Å². The Morgan fingerprint density at radius 2 is 1.75 bits per heavy atom. The topological polar surface area (TPSA) is 104 Å².